The zero-order valence-electron chi connectivity index (χ0n) is 21.0. The van der Waals surface area contributed by atoms with Crippen molar-refractivity contribution >= 4 is 55.4 Å². The number of anilines is 1. The van der Waals surface area contributed by atoms with Crippen molar-refractivity contribution in [2.45, 2.75) is 25.7 Å². The van der Waals surface area contributed by atoms with Crippen LogP contribution in [0.25, 0.3) is 5.69 Å². The Morgan fingerprint density at radius 1 is 1.03 bits per heavy atom. The van der Waals surface area contributed by atoms with Crippen molar-refractivity contribution in [1.82, 2.24) is 9.99 Å². The summed E-state index contributed by atoms with van der Waals surface area (Å²) in [5.41, 5.74) is 7.23. The molecular weight excluding hydrogens is 588 g/mol. The van der Waals surface area contributed by atoms with Gasteiger partial charge >= 0.3 is 0 Å². The second-order valence-corrected chi connectivity index (χ2v) is 11.9. The fourth-order valence-corrected chi connectivity index (χ4v) is 6.05. The molecule has 1 aromatic heterocycles. The van der Waals surface area contributed by atoms with Crippen molar-refractivity contribution in [1.29, 1.82) is 0 Å². The molecular formula is C28H26BrClN4O3S. The highest BCUT2D eigenvalue weighted by Crippen LogP contribution is 2.29. The Labute approximate surface area is 235 Å². The van der Waals surface area contributed by atoms with Gasteiger partial charge < -0.3 is 4.57 Å². The number of hydrogen-bond acceptors (Lipinski definition) is 4. The summed E-state index contributed by atoms with van der Waals surface area (Å²) in [5.74, 6) is -0.596. The zero-order chi connectivity index (χ0) is 27.4. The minimum Gasteiger partial charge on any atom is -0.318 e. The van der Waals surface area contributed by atoms with E-state index in [0.29, 0.717) is 16.3 Å². The summed E-state index contributed by atoms with van der Waals surface area (Å²) in [5, 5.41) is 4.47. The minimum absolute atomic E-state index is 0.0658. The van der Waals surface area contributed by atoms with Crippen LogP contribution in [-0.4, -0.2) is 31.7 Å². The van der Waals surface area contributed by atoms with E-state index in [-0.39, 0.29) is 4.90 Å². The maximum absolute atomic E-state index is 13.5. The van der Waals surface area contributed by atoms with Gasteiger partial charge in [0.1, 0.15) is 6.54 Å². The molecule has 4 rings (SSSR count). The van der Waals surface area contributed by atoms with Crippen LogP contribution in [0.15, 0.2) is 93.3 Å². The molecule has 0 aliphatic rings. The molecule has 7 nitrogen and oxygen atoms in total. The Morgan fingerprint density at radius 2 is 1.71 bits per heavy atom. The Balaban J connectivity index is 1.57. The first-order valence-corrected chi connectivity index (χ1v) is 14.3. The van der Waals surface area contributed by atoms with Crippen molar-refractivity contribution < 1.29 is 13.2 Å². The Hall–Kier alpha value is -3.40. The number of rotatable bonds is 8. The Kier molecular flexibility index (Phi) is 8.40. The topological polar surface area (TPSA) is 83.8 Å². The summed E-state index contributed by atoms with van der Waals surface area (Å²) in [6.45, 7) is 5.24. The van der Waals surface area contributed by atoms with Crippen LogP contribution in [0.1, 0.15) is 22.5 Å². The summed E-state index contributed by atoms with van der Waals surface area (Å²) in [4.78, 5) is 13.0. The molecule has 0 fully saturated rings. The summed E-state index contributed by atoms with van der Waals surface area (Å²) >= 11 is 9.63. The smallest absolute Gasteiger partial charge is 0.264 e. The molecule has 3 aromatic carbocycles. The molecule has 1 amide bonds. The molecule has 0 bridgehead atoms. The molecule has 0 atom stereocenters. The third kappa shape index (κ3) is 6.01. The summed E-state index contributed by atoms with van der Waals surface area (Å²) in [7, 11) is -4.05. The van der Waals surface area contributed by atoms with Gasteiger partial charge in [0.25, 0.3) is 15.9 Å². The first-order valence-electron chi connectivity index (χ1n) is 11.7. The largest absolute Gasteiger partial charge is 0.318 e. The molecule has 4 aromatic rings. The van der Waals surface area contributed by atoms with Crippen LogP contribution in [0.5, 0.6) is 0 Å². The molecule has 10 heteroatoms. The SMILES string of the molecule is Cc1ccc(Cl)cc1N(CC(=O)N/N=C\c1cc(C)n(-c2ccc(Br)cc2)c1C)S(=O)(=O)c1ccccc1. The highest BCUT2D eigenvalue weighted by molar-refractivity contribution is 9.10. The van der Waals surface area contributed by atoms with Crippen molar-refractivity contribution in [2.24, 2.45) is 5.10 Å². The van der Waals surface area contributed by atoms with E-state index >= 15 is 0 Å². The third-order valence-corrected chi connectivity index (χ3v) is 8.54. The van der Waals surface area contributed by atoms with E-state index in [9.17, 15) is 13.2 Å². The van der Waals surface area contributed by atoms with Crippen LogP contribution < -0.4 is 9.73 Å². The van der Waals surface area contributed by atoms with E-state index in [2.05, 4.69) is 31.0 Å². The summed E-state index contributed by atoms with van der Waals surface area (Å²) < 4.78 is 31.2. The first kappa shape index (κ1) is 27.6. The Bertz CT molecular complexity index is 1600. The van der Waals surface area contributed by atoms with Gasteiger partial charge in [-0.15, -0.1) is 0 Å². The van der Waals surface area contributed by atoms with Gasteiger partial charge in [0.2, 0.25) is 0 Å². The predicted octanol–water partition coefficient (Wildman–Crippen LogP) is 6.16. The second kappa shape index (κ2) is 11.6. The maximum atomic E-state index is 13.5. The molecule has 0 spiro atoms. The predicted molar refractivity (Wildman–Crippen MR) is 156 cm³/mol. The molecule has 0 saturated carbocycles. The van der Waals surface area contributed by atoms with Crippen LogP contribution >= 0.6 is 27.5 Å². The number of benzene rings is 3. The molecule has 196 valence electrons. The van der Waals surface area contributed by atoms with E-state index in [1.165, 1.54) is 18.2 Å². The number of nitrogens with one attached hydrogen (secondary N) is 1. The highest BCUT2D eigenvalue weighted by atomic mass is 79.9. The fraction of sp³-hybridized carbons (Fsp3) is 0.143. The lowest BCUT2D eigenvalue weighted by molar-refractivity contribution is -0.119. The zero-order valence-corrected chi connectivity index (χ0v) is 24.2. The fourth-order valence-electron chi connectivity index (χ4n) is 4.12. The Morgan fingerprint density at radius 3 is 2.39 bits per heavy atom. The number of aryl methyl sites for hydroxylation is 2. The van der Waals surface area contributed by atoms with Crippen LogP contribution in [0, 0.1) is 20.8 Å². The molecule has 38 heavy (non-hydrogen) atoms. The van der Waals surface area contributed by atoms with E-state index in [1.54, 1.807) is 43.5 Å². The van der Waals surface area contributed by atoms with Crippen LogP contribution in [0.4, 0.5) is 5.69 Å². The third-order valence-electron chi connectivity index (χ3n) is 6.01. The van der Waals surface area contributed by atoms with Crippen molar-refractivity contribution in [3.05, 3.63) is 111 Å². The number of amides is 1. The molecule has 1 heterocycles. The molecule has 0 aliphatic heterocycles. The van der Waals surface area contributed by atoms with E-state index in [0.717, 1.165) is 31.4 Å². The average Bonchev–Trinajstić information content (AvgIpc) is 3.17. The first-order chi connectivity index (χ1) is 18.1. The number of carbonyl (C=O) groups excluding carboxylic acids is 1. The highest BCUT2D eigenvalue weighted by Gasteiger charge is 2.28. The maximum Gasteiger partial charge on any atom is 0.264 e. The number of carbonyl (C=O) groups is 1. The van der Waals surface area contributed by atoms with Crippen LogP contribution in [-0.2, 0) is 14.8 Å². The van der Waals surface area contributed by atoms with Gasteiger partial charge in [-0.1, -0.05) is 51.8 Å². The number of halogens is 2. The van der Waals surface area contributed by atoms with Gasteiger partial charge in [-0.05, 0) is 80.9 Å². The molecule has 0 unspecified atom stereocenters. The lowest BCUT2D eigenvalue weighted by Crippen LogP contribution is -2.40. The molecule has 0 aliphatic carbocycles. The minimum atomic E-state index is -4.05. The van der Waals surface area contributed by atoms with Crippen molar-refractivity contribution in [2.75, 3.05) is 10.8 Å². The van der Waals surface area contributed by atoms with Crippen molar-refractivity contribution in [3.63, 3.8) is 0 Å². The number of hydrogen-bond donors (Lipinski definition) is 1. The van der Waals surface area contributed by atoms with Crippen LogP contribution in [0.3, 0.4) is 0 Å². The van der Waals surface area contributed by atoms with Gasteiger partial charge in [0.15, 0.2) is 0 Å². The van der Waals surface area contributed by atoms with Crippen molar-refractivity contribution in [3.8, 4) is 5.69 Å². The normalized spacial score (nSPS) is 11.6. The number of nitrogens with zero attached hydrogens (tertiary/aromatic N) is 3. The van der Waals surface area contributed by atoms with E-state index in [1.807, 2.05) is 44.2 Å². The quantitative estimate of drug-likeness (QED) is 0.191. The van der Waals surface area contributed by atoms with E-state index in [4.69, 9.17) is 11.6 Å². The number of aromatic nitrogens is 1. The molecule has 1 N–H and O–H groups in total. The van der Waals surface area contributed by atoms with Gasteiger partial charge in [-0.3, -0.25) is 9.10 Å². The lowest BCUT2D eigenvalue weighted by Gasteiger charge is -2.25. The number of sulfonamides is 1. The van der Waals surface area contributed by atoms with Gasteiger partial charge in [0.05, 0.1) is 16.8 Å². The number of hydrazone groups is 1. The van der Waals surface area contributed by atoms with Gasteiger partial charge in [0, 0.05) is 32.1 Å². The van der Waals surface area contributed by atoms with Gasteiger partial charge in [-0.2, -0.15) is 5.10 Å². The van der Waals surface area contributed by atoms with Gasteiger partial charge in [-0.25, -0.2) is 13.8 Å². The average molecular weight is 614 g/mol. The summed E-state index contributed by atoms with van der Waals surface area (Å²) in [6.07, 6.45) is 1.55. The molecule has 0 saturated heterocycles. The second-order valence-electron chi connectivity index (χ2n) is 8.69. The standard InChI is InChI=1S/C28H26BrClN4O3S/c1-19-9-12-24(30)16-27(19)33(38(36,37)26-7-5-4-6-8-26)18-28(35)32-31-17-22-15-20(2)34(21(22)3)25-13-10-23(29)11-14-25/h4-17H,18H2,1-3H3,(H,32,35)/b31-17-. The summed E-state index contributed by atoms with van der Waals surface area (Å²) in [6, 6.07) is 22.8. The van der Waals surface area contributed by atoms with E-state index < -0.39 is 22.5 Å². The lowest BCUT2D eigenvalue weighted by atomic mass is 10.2. The van der Waals surface area contributed by atoms with Crippen LogP contribution in [0.2, 0.25) is 5.02 Å². The molecule has 0 radical (unpaired) electrons. The monoisotopic (exact) mass is 612 g/mol.